The minimum Gasteiger partial charge on any atom is -0.497 e. The van der Waals surface area contributed by atoms with Crippen LogP contribution in [0, 0.1) is 5.92 Å². The van der Waals surface area contributed by atoms with E-state index in [-0.39, 0.29) is 0 Å². The summed E-state index contributed by atoms with van der Waals surface area (Å²) >= 11 is 0. The monoisotopic (exact) mass is 357 g/mol. The molecular weight excluding hydrogens is 334 g/mol. The molecule has 4 rings (SSSR count). The third-order valence-corrected chi connectivity index (χ3v) is 5.64. The summed E-state index contributed by atoms with van der Waals surface area (Å²) in [7, 11) is 1.62. The van der Waals surface area contributed by atoms with Gasteiger partial charge in [0, 0.05) is 11.6 Å². The fraction of sp³-hybridized carbons (Fsp3) is 0.526. The standard InChI is InChI=1S/C19H23N3O4/c1-25-14-8-6-12(7-9-14)18-20-17(26-21-18)11-22-15-5-3-2-4-13(15)10-16(22)19(23)24/h6-9,13,15-16H,2-5,10-11H2,1H3,(H,23,24)/t13-,15+,16+/m1/s1. The smallest absolute Gasteiger partial charge is 0.320 e. The molecule has 0 bridgehead atoms. The van der Waals surface area contributed by atoms with Crippen LogP contribution in [-0.4, -0.2) is 45.3 Å². The number of hydrogen-bond donors (Lipinski definition) is 1. The van der Waals surface area contributed by atoms with E-state index in [0.717, 1.165) is 37.0 Å². The second-order valence-corrected chi connectivity index (χ2v) is 7.11. The second kappa shape index (κ2) is 7.07. The first-order valence-electron chi connectivity index (χ1n) is 9.11. The average Bonchev–Trinajstić information content (AvgIpc) is 3.27. The molecule has 0 amide bonds. The van der Waals surface area contributed by atoms with Crippen molar-refractivity contribution in [2.75, 3.05) is 7.11 Å². The average molecular weight is 357 g/mol. The Hall–Kier alpha value is -2.41. The summed E-state index contributed by atoms with van der Waals surface area (Å²) in [5, 5.41) is 13.7. The lowest BCUT2D eigenvalue weighted by atomic mass is 9.85. The Morgan fingerprint density at radius 2 is 2.08 bits per heavy atom. The van der Waals surface area contributed by atoms with Crippen molar-refractivity contribution in [3.8, 4) is 17.1 Å². The number of carboxylic acids is 1. The minimum absolute atomic E-state index is 0.307. The number of fused-ring (bicyclic) bond motifs is 1. The van der Waals surface area contributed by atoms with Gasteiger partial charge < -0.3 is 14.4 Å². The fourth-order valence-electron chi connectivity index (χ4n) is 4.36. The van der Waals surface area contributed by atoms with Crippen LogP contribution >= 0.6 is 0 Å². The predicted octanol–water partition coefficient (Wildman–Crippen LogP) is 2.96. The van der Waals surface area contributed by atoms with E-state index in [1.165, 1.54) is 6.42 Å². The van der Waals surface area contributed by atoms with Crippen LogP contribution in [0.5, 0.6) is 5.75 Å². The van der Waals surface area contributed by atoms with Crippen LogP contribution in [-0.2, 0) is 11.3 Å². The molecular formula is C19H23N3O4. The molecule has 1 N–H and O–H groups in total. The van der Waals surface area contributed by atoms with E-state index in [1.54, 1.807) is 7.11 Å². The predicted molar refractivity (Wildman–Crippen MR) is 93.6 cm³/mol. The molecule has 2 fully saturated rings. The molecule has 2 aromatic rings. The molecule has 0 radical (unpaired) electrons. The van der Waals surface area contributed by atoms with E-state index >= 15 is 0 Å². The van der Waals surface area contributed by atoms with Crippen LogP contribution in [0.4, 0.5) is 0 Å². The number of nitrogens with zero attached hydrogens (tertiary/aromatic N) is 3. The number of methoxy groups -OCH3 is 1. The first-order chi connectivity index (χ1) is 12.7. The molecule has 2 heterocycles. The Kier molecular flexibility index (Phi) is 4.63. The van der Waals surface area contributed by atoms with Crippen LogP contribution in [0.1, 0.15) is 38.0 Å². The molecule has 1 aliphatic heterocycles. The number of carbonyl (C=O) groups is 1. The molecule has 0 spiro atoms. The number of aromatic nitrogens is 2. The van der Waals surface area contributed by atoms with E-state index in [0.29, 0.717) is 30.2 Å². The van der Waals surface area contributed by atoms with Crippen LogP contribution in [0.15, 0.2) is 28.8 Å². The quantitative estimate of drug-likeness (QED) is 0.880. The maximum Gasteiger partial charge on any atom is 0.320 e. The van der Waals surface area contributed by atoms with E-state index in [9.17, 15) is 9.90 Å². The van der Waals surface area contributed by atoms with Crippen molar-refractivity contribution in [1.29, 1.82) is 0 Å². The first kappa shape index (κ1) is 17.0. The van der Waals surface area contributed by atoms with Crippen molar-refractivity contribution >= 4 is 5.97 Å². The molecule has 1 aromatic heterocycles. The number of hydrogen-bond acceptors (Lipinski definition) is 6. The van der Waals surface area contributed by atoms with Gasteiger partial charge in [0.05, 0.1) is 13.7 Å². The van der Waals surface area contributed by atoms with Crippen molar-refractivity contribution in [2.45, 2.75) is 50.7 Å². The van der Waals surface area contributed by atoms with Gasteiger partial charge in [-0.25, -0.2) is 0 Å². The molecule has 1 saturated carbocycles. The second-order valence-electron chi connectivity index (χ2n) is 7.11. The molecule has 26 heavy (non-hydrogen) atoms. The SMILES string of the molecule is COc1ccc(-c2noc(CN3[C@H](C(=O)O)C[C@H]4CCCC[C@@H]43)n2)cc1. The van der Waals surface area contributed by atoms with Crippen molar-refractivity contribution < 1.29 is 19.2 Å². The normalized spacial score (nSPS) is 25.8. The van der Waals surface area contributed by atoms with Gasteiger partial charge in [0.15, 0.2) is 0 Å². The highest BCUT2D eigenvalue weighted by Crippen LogP contribution is 2.40. The highest BCUT2D eigenvalue weighted by Gasteiger charge is 2.45. The number of rotatable bonds is 5. The van der Waals surface area contributed by atoms with Crippen LogP contribution in [0.25, 0.3) is 11.4 Å². The Morgan fingerprint density at radius 1 is 1.31 bits per heavy atom. The molecule has 7 nitrogen and oxygen atoms in total. The molecule has 3 atom stereocenters. The zero-order chi connectivity index (χ0) is 18.1. The summed E-state index contributed by atoms with van der Waals surface area (Å²) in [5.41, 5.74) is 0.840. The third-order valence-electron chi connectivity index (χ3n) is 5.64. The van der Waals surface area contributed by atoms with Gasteiger partial charge in [0.2, 0.25) is 11.7 Å². The summed E-state index contributed by atoms with van der Waals surface area (Å²) in [4.78, 5) is 18.2. The van der Waals surface area contributed by atoms with Crippen molar-refractivity contribution in [3.63, 3.8) is 0 Å². The zero-order valence-corrected chi connectivity index (χ0v) is 14.8. The Balaban J connectivity index is 1.52. The fourth-order valence-corrected chi connectivity index (χ4v) is 4.36. The largest absolute Gasteiger partial charge is 0.497 e. The Morgan fingerprint density at radius 3 is 2.81 bits per heavy atom. The first-order valence-corrected chi connectivity index (χ1v) is 9.11. The number of likely N-dealkylation sites (tertiary alicyclic amines) is 1. The maximum atomic E-state index is 11.7. The van der Waals surface area contributed by atoms with Crippen molar-refractivity contribution in [1.82, 2.24) is 15.0 Å². The lowest BCUT2D eigenvalue weighted by Gasteiger charge is -2.31. The van der Waals surface area contributed by atoms with E-state index in [2.05, 4.69) is 15.0 Å². The van der Waals surface area contributed by atoms with Crippen molar-refractivity contribution in [3.05, 3.63) is 30.2 Å². The highest BCUT2D eigenvalue weighted by atomic mass is 16.5. The number of carboxylic acid groups (broad SMARTS) is 1. The highest BCUT2D eigenvalue weighted by molar-refractivity contribution is 5.74. The van der Waals surface area contributed by atoms with E-state index < -0.39 is 12.0 Å². The summed E-state index contributed by atoms with van der Waals surface area (Å²) in [6.07, 6.45) is 5.24. The molecule has 7 heteroatoms. The van der Waals surface area contributed by atoms with Crippen molar-refractivity contribution in [2.24, 2.45) is 5.92 Å². The molecule has 1 aliphatic carbocycles. The van der Waals surface area contributed by atoms with Crippen LogP contribution in [0.3, 0.4) is 0 Å². The van der Waals surface area contributed by atoms with Gasteiger partial charge in [0.1, 0.15) is 11.8 Å². The summed E-state index contributed by atoms with van der Waals surface area (Å²) in [6, 6.07) is 7.29. The lowest BCUT2D eigenvalue weighted by Crippen LogP contribution is -2.41. The summed E-state index contributed by atoms with van der Waals surface area (Å²) < 4.78 is 10.6. The number of aliphatic carboxylic acids is 1. The third kappa shape index (κ3) is 3.19. The van der Waals surface area contributed by atoms with E-state index in [1.807, 2.05) is 24.3 Å². The van der Waals surface area contributed by atoms with Crippen LogP contribution < -0.4 is 4.74 Å². The Bertz CT molecular complexity index is 773. The van der Waals surface area contributed by atoms with Gasteiger partial charge in [-0.3, -0.25) is 9.69 Å². The summed E-state index contributed by atoms with van der Waals surface area (Å²) in [6.45, 7) is 0.390. The van der Waals surface area contributed by atoms with Gasteiger partial charge in [-0.1, -0.05) is 18.0 Å². The van der Waals surface area contributed by atoms with Gasteiger partial charge in [-0.05, 0) is 49.4 Å². The maximum absolute atomic E-state index is 11.7. The molecule has 2 aliphatic rings. The zero-order valence-electron chi connectivity index (χ0n) is 14.8. The van der Waals surface area contributed by atoms with Gasteiger partial charge in [0.25, 0.3) is 0 Å². The molecule has 138 valence electrons. The summed E-state index contributed by atoms with van der Waals surface area (Å²) in [5.74, 6) is 1.45. The van der Waals surface area contributed by atoms with Gasteiger partial charge >= 0.3 is 5.97 Å². The van der Waals surface area contributed by atoms with E-state index in [4.69, 9.17) is 9.26 Å². The molecule has 0 unspecified atom stereocenters. The lowest BCUT2D eigenvalue weighted by molar-refractivity contribution is -0.143. The van der Waals surface area contributed by atoms with Gasteiger partial charge in [-0.2, -0.15) is 4.98 Å². The molecule has 1 aromatic carbocycles. The molecule has 1 saturated heterocycles. The topological polar surface area (TPSA) is 88.7 Å². The minimum atomic E-state index is -0.755. The van der Waals surface area contributed by atoms with Crippen LogP contribution in [0.2, 0.25) is 0 Å². The number of ether oxygens (including phenoxy) is 1. The Labute approximate surface area is 152 Å². The number of benzene rings is 1. The van der Waals surface area contributed by atoms with Gasteiger partial charge in [-0.15, -0.1) is 0 Å².